The quantitative estimate of drug-likeness (QED) is 0.692. The summed E-state index contributed by atoms with van der Waals surface area (Å²) in [6.07, 6.45) is 1.04. The molecule has 1 aliphatic rings. The first-order valence-corrected chi connectivity index (χ1v) is 4.07. The zero-order valence-corrected chi connectivity index (χ0v) is 7.58. The Morgan fingerprint density at radius 1 is 1.29 bits per heavy atom. The molecule has 0 aliphatic carbocycles. The summed E-state index contributed by atoms with van der Waals surface area (Å²) in [5, 5.41) is 0. The van der Waals surface area contributed by atoms with Gasteiger partial charge < -0.3 is 14.3 Å². The van der Waals surface area contributed by atoms with Gasteiger partial charge in [0.25, 0.3) is 0 Å². The Morgan fingerprint density at radius 2 is 1.93 bits per heavy atom. The van der Waals surface area contributed by atoms with E-state index in [0.29, 0.717) is 6.79 Å². The van der Waals surface area contributed by atoms with Crippen molar-refractivity contribution in [3.63, 3.8) is 0 Å². The number of hydrogen-bond acceptors (Lipinski definition) is 3. The minimum absolute atomic E-state index is 0. The van der Waals surface area contributed by atoms with E-state index in [1.807, 2.05) is 18.9 Å². The molecule has 78 valence electrons. The van der Waals surface area contributed by atoms with Gasteiger partial charge in [-0.1, -0.05) is 20.4 Å². The molecule has 0 spiro atoms. The van der Waals surface area contributed by atoms with E-state index < -0.39 is 0 Å². The molecule has 0 amide bonds. The average molecular weight is 196 g/mol. The van der Waals surface area contributed by atoms with Crippen molar-refractivity contribution in [2.45, 2.75) is 20.8 Å². The smallest absolute Gasteiger partial charge is 0.231 e. The van der Waals surface area contributed by atoms with Crippen molar-refractivity contribution in [3.05, 3.63) is 23.8 Å². The molecule has 0 N–H and O–H groups in total. The maximum atomic E-state index is 8.00. The van der Waals surface area contributed by atoms with Crippen LogP contribution >= 0.6 is 0 Å². The highest BCUT2D eigenvalue weighted by atomic mass is 16.7. The summed E-state index contributed by atoms with van der Waals surface area (Å²) in [5.41, 5.74) is 1.29. The minimum atomic E-state index is 0. The predicted octanol–water partition coefficient (Wildman–Crippen LogP) is 2.43. The summed E-state index contributed by atoms with van der Waals surface area (Å²) in [6.45, 7) is 4.49. The van der Waals surface area contributed by atoms with E-state index in [2.05, 4.69) is 13.0 Å². The van der Waals surface area contributed by atoms with Gasteiger partial charge in [-0.3, -0.25) is 0 Å². The van der Waals surface area contributed by atoms with Crippen molar-refractivity contribution < 1.29 is 14.3 Å². The zero-order valence-electron chi connectivity index (χ0n) is 7.58. The van der Waals surface area contributed by atoms with Gasteiger partial charge in [-0.2, -0.15) is 0 Å². The van der Waals surface area contributed by atoms with Gasteiger partial charge in [0.1, 0.15) is 6.79 Å². The molecule has 3 heteroatoms. The minimum Gasteiger partial charge on any atom is -0.454 e. The third-order valence-corrected chi connectivity index (χ3v) is 1.85. The van der Waals surface area contributed by atoms with Crippen LogP contribution in [0.25, 0.3) is 0 Å². The Hall–Kier alpha value is -1.51. The molecular weight excluding hydrogens is 180 g/mol. The van der Waals surface area contributed by atoms with Crippen molar-refractivity contribution in [1.29, 1.82) is 0 Å². The number of benzene rings is 1. The number of aryl methyl sites for hydroxylation is 1. The molecule has 0 fully saturated rings. The summed E-state index contributed by atoms with van der Waals surface area (Å²) in [6, 6.07) is 6.05. The van der Waals surface area contributed by atoms with Crippen LogP contribution in [0.3, 0.4) is 0 Å². The molecule has 1 aromatic carbocycles. The van der Waals surface area contributed by atoms with Gasteiger partial charge in [0, 0.05) is 0 Å². The topological polar surface area (TPSA) is 35.5 Å². The van der Waals surface area contributed by atoms with Gasteiger partial charge in [0.05, 0.1) is 0 Å². The highest BCUT2D eigenvalue weighted by molar-refractivity contribution is 5.44. The first kappa shape index (κ1) is 12.5. The molecule has 1 aromatic rings. The maximum absolute atomic E-state index is 8.00. The third kappa shape index (κ3) is 2.49. The Kier molecular flexibility index (Phi) is 5.37. The Labute approximate surface area is 84.7 Å². The Morgan fingerprint density at radius 3 is 2.57 bits per heavy atom. The molecule has 0 unspecified atom stereocenters. The molecule has 0 aromatic heterocycles. The van der Waals surface area contributed by atoms with E-state index in [0.717, 1.165) is 17.9 Å². The summed E-state index contributed by atoms with van der Waals surface area (Å²) in [5.74, 6) is 1.74. The molecule has 1 heterocycles. The van der Waals surface area contributed by atoms with Crippen LogP contribution in [0.4, 0.5) is 0 Å². The molecule has 0 saturated carbocycles. The maximum Gasteiger partial charge on any atom is 0.231 e. The summed E-state index contributed by atoms with van der Waals surface area (Å²) < 4.78 is 10.4. The van der Waals surface area contributed by atoms with Crippen LogP contribution in [0.2, 0.25) is 0 Å². The number of carbonyl (C=O) groups excluding carboxylic acids is 1. The Balaban J connectivity index is 0.000000531. The first-order valence-electron chi connectivity index (χ1n) is 4.07. The molecular formula is C11H16O3. The van der Waals surface area contributed by atoms with E-state index in [-0.39, 0.29) is 7.43 Å². The lowest BCUT2D eigenvalue weighted by Crippen LogP contribution is -1.92. The standard InChI is InChI=1S/C9H10O2.CH2O.CH4/c1-2-7-3-4-8-9(5-7)11-6-10-8;1-2;/h3-5H,2,6H2,1H3;1H2;1H4. The fourth-order valence-corrected chi connectivity index (χ4v) is 1.16. The molecule has 0 radical (unpaired) electrons. The van der Waals surface area contributed by atoms with Gasteiger partial charge in [-0.05, 0) is 24.1 Å². The fourth-order valence-electron chi connectivity index (χ4n) is 1.16. The van der Waals surface area contributed by atoms with E-state index >= 15 is 0 Å². The lowest BCUT2D eigenvalue weighted by molar-refractivity contribution is -0.0979. The number of carbonyl (C=O) groups is 1. The van der Waals surface area contributed by atoms with E-state index in [9.17, 15) is 0 Å². The van der Waals surface area contributed by atoms with Crippen LogP contribution in [0.1, 0.15) is 19.9 Å². The largest absolute Gasteiger partial charge is 0.454 e. The lowest BCUT2D eigenvalue weighted by atomic mass is 10.1. The second kappa shape index (κ2) is 6.02. The van der Waals surface area contributed by atoms with Crippen LogP contribution in [-0.4, -0.2) is 13.6 Å². The van der Waals surface area contributed by atoms with Crippen molar-refractivity contribution in [3.8, 4) is 11.5 Å². The Bertz CT molecular complexity index is 284. The van der Waals surface area contributed by atoms with Crippen molar-refractivity contribution in [2.75, 3.05) is 6.79 Å². The molecule has 0 atom stereocenters. The molecule has 14 heavy (non-hydrogen) atoms. The summed E-state index contributed by atoms with van der Waals surface area (Å²) in [7, 11) is 0. The number of ether oxygens (including phenoxy) is 2. The highest BCUT2D eigenvalue weighted by Crippen LogP contribution is 2.32. The van der Waals surface area contributed by atoms with Crippen LogP contribution < -0.4 is 9.47 Å². The first-order chi connectivity index (χ1) is 6.40. The predicted molar refractivity (Wildman–Crippen MR) is 55.8 cm³/mol. The monoisotopic (exact) mass is 196 g/mol. The van der Waals surface area contributed by atoms with E-state index in [1.54, 1.807) is 0 Å². The van der Waals surface area contributed by atoms with Gasteiger partial charge in [0.2, 0.25) is 6.79 Å². The van der Waals surface area contributed by atoms with Gasteiger partial charge in [0.15, 0.2) is 11.5 Å². The van der Waals surface area contributed by atoms with Crippen LogP contribution in [-0.2, 0) is 11.2 Å². The van der Waals surface area contributed by atoms with Crippen molar-refractivity contribution in [2.24, 2.45) is 0 Å². The normalized spacial score (nSPS) is 10.9. The zero-order chi connectivity index (χ0) is 9.68. The van der Waals surface area contributed by atoms with E-state index in [4.69, 9.17) is 14.3 Å². The summed E-state index contributed by atoms with van der Waals surface area (Å²) in [4.78, 5) is 8.00. The molecule has 1 aliphatic heterocycles. The second-order valence-corrected chi connectivity index (χ2v) is 2.54. The highest BCUT2D eigenvalue weighted by Gasteiger charge is 2.11. The number of rotatable bonds is 1. The van der Waals surface area contributed by atoms with Gasteiger partial charge in [-0.15, -0.1) is 0 Å². The van der Waals surface area contributed by atoms with Gasteiger partial charge in [-0.25, -0.2) is 0 Å². The van der Waals surface area contributed by atoms with Crippen molar-refractivity contribution >= 4 is 6.79 Å². The molecule has 3 nitrogen and oxygen atoms in total. The van der Waals surface area contributed by atoms with Gasteiger partial charge >= 0.3 is 0 Å². The molecule has 0 bridgehead atoms. The fraction of sp³-hybridized carbons (Fsp3) is 0.364. The SMILES string of the molecule is C.C=O.CCc1ccc2c(c1)OCO2. The average Bonchev–Trinajstić information content (AvgIpc) is 2.67. The second-order valence-electron chi connectivity index (χ2n) is 2.54. The molecule has 0 saturated heterocycles. The van der Waals surface area contributed by atoms with Crippen molar-refractivity contribution in [1.82, 2.24) is 0 Å². The van der Waals surface area contributed by atoms with Crippen LogP contribution in [0.5, 0.6) is 11.5 Å². The van der Waals surface area contributed by atoms with Crippen LogP contribution in [0, 0.1) is 0 Å². The lowest BCUT2D eigenvalue weighted by Gasteiger charge is -1.97. The van der Waals surface area contributed by atoms with Crippen LogP contribution in [0.15, 0.2) is 18.2 Å². The number of fused-ring (bicyclic) bond motifs is 1. The third-order valence-electron chi connectivity index (χ3n) is 1.85. The van der Waals surface area contributed by atoms with E-state index in [1.165, 1.54) is 5.56 Å². The number of hydrogen-bond donors (Lipinski definition) is 0. The summed E-state index contributed by atoms with van der Waals surface area (Å²) >= 11 is 0. The molecule has 2 rings (SSSR count).